The lowest BCUT2D eigenvalue weighted by atomic mass is 10.0. The molecule has 0 heterocycles. The maximum Gasteiger partial charge on any atom is 0.255 e. The fraction of sp³-hybridized carbons (Fsp3) is 0.458. The van der Waals surface area contributed by atoms with Crippen LogP contribution in [0.15, 0.2) is 29.2 Å². The standard InChI is InChI=1S/C24H28F3NO3S/c1-13-5-7-14(2)20(10-6-13)32(30,31)21-11-17(9-8-15(21)3)24(29)28-19-12-18(25)23(27)22(26)16(19)4/h8-9,11-14,20H,5-7,10H2,1-4H3,(H,28,29)/t13?,14-,20+/m1/s1. The molecule has 2 aromatic carbocycles. The van der Waals surface area contributed by atoms with Crippen molar-refractivity contribution in [1.29, 1.82) is 0 Å². The molecule has 0 aliphatic heterocycles. The van der Waals surface area contributed by atoms with Crippen molar-refractivity contribution in [2.45, 2.75) is 63.5 Å². The number of aryl methyl sites for hydroxylation is 1. The maximum absolute atomic E-state index is 13.8. The number of hydrogen-bond acceptors (Lipinski definition) is 3. The van der Waals surface area contributed by atoms with Crippen LogP contribution in [0.25, 0.3) is 0 Å². The van der Waals surface area contributed by atoms with E-state index in [1.54, 1.807) is 13.0 Å². The molecule has 1 aliphatic rings. The van der Waals surface area contributed by atoms with E-state index in [0.29, 0.717) is 24.0 Å². The van der Waals surface area contributed by atoms with E-state index in [-0.39, 0.29) is 27.6 Å². The molecular weight excluding hydrogens is 439 g/mol. The van der Waals surface area contributed by atoms with E-state index in [2.05, 4.69) is 12.2 Å². The van der Waals surface area contributed by atoms with Gasteiger partial charge in [-0.05, 0) is 62.6 Å². The number of hydrogen-bond donors (Lipinski definition) is 1. The Kier molecular flexibility index (Phi) is 7.03. The largest absolute Gasteiger partial charge is 0.322 e. The zero-order chi connectivity index (χ0) is 23.8. The molecule has 1 saturated carbocycles. The average Bonchev–Trinajstić information content (AvgIpc) is 2.91. The molecule has 0 bridgehead atoms. The van der Waals surface area contributed by atoms with E-state index in [1.807, 2.05) is 6.92 Å². The van der Waals surface area contributed by atoms with Crippen LogP contribution in [-0.2, 0) is 9.84 Å². The highest BCUT2D eigenvalue weighted by molar-refractivity contribution is 7.92. The summed E-state index contributed by atoms with van der Waals surface area (Å²) in [6, 6.07) is 5.01. The number of sulfone groups is 1. The van der Waals surface area contributed by atoms with Gasteiger partial charge in [0.05, 0.1) is 10.1 Å². The van der Waals surface area contributed by atoms with Gasteiger partial charge < -0.3 is 5.32 Å². The van der Waals surface area contributed by atoms with Crippen LogP contribution in [0.1, 0.15) is 61.0 Å². The molecule has 3 atom stereocenters. The summed E-state index contributed by atoms with van der Waals surface area (Å²) in [5.41, 5.74) is 0.0934. The molecule has 0 saturated heterocycles. The highest BCUT2D eigenvalue weighted by Gasteiger charge is 2.35. The number of halogens is 3. The minimum atomic E-state index is -3.69. The number of anilines is 1. The van der Waals surface area contributed by atoms with Crippen LogP contribution in [0, 0.1) is 43.1 Å². The average molecular weight is 468 g/mol. The lowest BCUT2D eigenvalue weighted by Gasteiger charge is -2.23. The summed E-state index contributed by atoms with van der Waals surface area (Å²) in [7, 11) is -3.69. The molecule has 4 nitrogen and oxygen atoms in total. The highest BCUT2D eigenvalue weighted by atomic mass is 32.2. The van der Waals surface area contributed by atoms with Crippen LogP contribution in [-0.4, -0.2) is 19.6 Å². The Bertz CT molecular complexity index is 1150. The number of nitrogens with one attached hydrogen (secondary N) is 1. The first-order valence-electron chi connectivity index (χ1n) is 10.7. The van der Waals surface area contributed by atoms with E-state index in [9.17, 15) is 26.4 Å². The van der Waals surface area contributed by atoms with E-state index >= 15 is 0 Å². The summed E-state index contributed by atoms with van der Waals surface area (Å²) in [5, 5.41) is 1.82. The van der Waals surface area contributed by atoms with Gasteiger partial charge in [0.2, 0.25) is 0 Å². The zero-order valence-corrected chi connectivity index (χ0v) is 19.5. The lowest BCUT2D eigenvalue weighted by molar-refractivity contribution is 0.102. The summed E-state index contributed by atoms with van der Waals surface area (Å²) in [4.78, 5) is 12.8. The second-order valence-electron chi connectivity index (χ2n) is 8.91. The van der Waals surface area contributed by atoms with Crippen molar-refractivity contribution in [1.82, 2.24) is 0 Å². The molecule has 174 valence electrons. The maximum atomic E-state index is 13.8. The van der Waals surface area contributed by atoms with Gasteiger partial charge in [-0.3, -0.25) is 4.79 Å². The molecule has 3 rings (SSSR count). The van der Waals surface area contributed by atoms with Crippen molar-refractivity contribution in [2.75, 3.05) is 5.32 Å². The second-order valence-corrected chi connectivity index (χ2v) is 11.0. The van der Waals surface area contributed by atoms with Crippen LogP contribution in [0.2, 0.25) is 0 Å². The van der Waals surface area contributed by atoms with Gasteiger partial charge in [0.1, 0.15) is 0 Å². The van der Waals surface area contributed by atoms with Crippen molar-refractivity contribution < 1.29 is 26.4 Å². The van der Waals surface area contributed by atoms with Crippen molar-refractivity contribution in [3.8, 4) is 0 Å². The zero-order valence-electron chi connectivity index (χ0n) is 18.6. The SMILES string of the molecule is Cc1ccc(C(=O)Nc2cc(F)c(F)c(F)c2C)cc1S(=O)(=O)[C@H]1CCC(C)CC[C@H]1C. The quantitative estimate of drug-likeness (QED) is 0.446. The topological polar surface area (TPSA) is 63.2 Å². The van der Waals surface area contributed by atoms with Gasteiger partial charge in [-0.2, -0.15) is 0 Å². The summed E-state index contributed by atoms with van der Waals surface area (Å²) in [6.45, 7) is 6.97. The van der Waals surface area contributed by atoms with Gasteiger partial charge in [0.15, 0.2) is 27.3 Å². The molecule has 0 spiro atoms. The third-order valence-corrected chi connectivity index (χ3v) is 9.05. The molecule has 1 aliphatic carbocycles. The summed E-state index contributed by atoms with van der Waals surface area (Å²) >= 11 is 0. The van der Waals surface area contributed by atoms with Crippen molar-refractivity contribution in [3.05, 3.63) is 58.4 Å². The third-order valence-electron chi connectivity index (χ3n) is 6.50. The van der Waals surface area contributed by atoms with Gasteiger partial charge >= 0.3 is 0 Å². The Balaban J connectivity index is 1.94. The fourth-order valence-corrected chi connectivity index (χ4v) is 6.62. The number of rotatable bonds is 4. The lowest BCUT2D eigenvalue weighted by Crippen LogP contribution is -2.28. The number of carbonyl (C=O) groups is 1. The first kappa shape index (κ1) is 24.3. The van der Waals surface area contributed by atoms with Gasteiger partial charge in [-0.25, -0.2) is 21.6 Å². The molecule has 32 heavy (non-hydrogen) atoms. The van der Waals surface area contributed by atoms with Crippen LogP contribution in [0.4, 0.5) is 18.9 Å². The molecule has 1 unspecified atom stereocenters. The Morgan fingerprint density at radius 2 is 1.62 bits per heavy atom. The minimum Gasteiger partial charge on any atom is -0.322 e. The Morgan fingerprint density at radius 1 is 0.969 bits per heavy atom. The second kappa shape index (κ2) is 9.25. The fourth-order valence-electron chi connectivity index (χ4n) is 4.29. The molecule has 1 fully saturated rings. The molecule has 0 radical (unpaired) electrons. The van der Waals surface area contributed by atoms with Crippen LogP contribution < -0.4 is 5.32 Å². The van der Waals surface area contributed by atoms with Crippen LogP contribution in [0.5, 0.6) is 0 Å². The predicted octanol–water partition coefficient (Wildman–Crippen LogP) is 5.96. The van der Waals surface area contributed by atoms with E-state index in [4.69, 9.17) is 0 Å². The smallest absolute Gasteiger partial charge is 0.255 e. The van der Waals surface area contributed by atoms with E-state index in [0.717, 1.165) is 19.3 Å². The van der Waals surface area contributed by atoms with E-state index < -0.39 is 38.4 Å². The van der Waals surface area contributed by atoms with Crippen molar-refractivity contribution in [3.63, 3.8) is 0 Å². The van der Waals surface area contributed by atoms with Gasteiger partial charge in [0, 0.05) is 22.9 Å². The van der Waals surface area contributed by atoms with Gasteiger partial charge in [0.25, 0.3) is 5.91 Å². The normalized spacial score (nSPS) is 21.8. The minimum absolute atomic E-state index is 0.00496. The Hall–Kier alpha value is -2.35. The van der Waals surface area contributed by atoms with Crippen LogP contribution in [0.3, 0.4) is 0 Å². The summed E-state index contributed by atoms with van der Waals surface area (Å²) in [5.74, 6) is -4.70. The molecule has 1 N–H and O–H groups in total. The molecule has 1 amide bonds. The van der Waals surface area contributed by atoms with E-state index in [1.165, 1.54) is 19.1 Å². The van der Waals surface area contributed by atoms with Gasteiger partial charge in [-0.15, -0.1) is 0 Å². The van der Waals surface area contributed by atoms with Crippen LogP contribution >= 0.6 is 0 Å². The Labute approximate surface area is 187 Å². The highest BCUT2D eigenvalue weighted by Crippen LogP contribution is 2.35. The van der Waals surface area contributed by atoms with Crippen molar-refractivity contribution in [2.24, 2.45) is 11.8 Å². The van der Waals surface area contributed by atoms with Gasteiger partial charge in [-0.1, -0.05) is 26.3 Å². The molecule has 8 heteroatoms. The molecule has 2 aromatic rings. The third kappa shape index (κ3) is 4.70. The number of amides is 1. The summed E-state index contributed by atoms with van der Waals surface area (Å²) in [6.07, 6.45) is 3.20. The van der Waals surface area contributed by atoms with Crippen molar-refractivity contribution >= 4 is 21.4 Å². The molecule has 0 aromatic heterocycles. The summed E-state index contributed by atoms with van der Waals surface area (Å²) < 4.78 is 67.9. The Morgan fingerprint density at radius 3 is 2.31 bits per heavy atom. The first-order chi connectivity index (χ1) is 14.9. The number of carbonyl (C=O) groups excluding carboxylic acids is 1. The first-order valence-corrected chi connectivity index (χ1v) is 12.3. The predicted molar refractivity (Wildman–Crippen MR) is 118 cm³/mol. The number of benzene rings is 2. The monoisotopic (exact) mass is 467 g/mol. The molecular formula is C24H28F3NO3S.